The van der Waals surface area contributed by atoms with E-state index < -0.39 is 17.8 Å². The molecule has 3 aliphatic rings. The molecule has 1 amide bonds. The summed E-state index contributed by atoms with van der Waals surface area (Å²) in [6, 6.07) is 7.50. The minimum Gasteiger partial charge on any atom is -0.493 e. The fourth-order valence-electron chi connectivity index (χ4n) is 4.20. The van der Waals surface area contributed by atoms with E-state index in [1.807, 2.05) is 24.3 Å². The summed E-state index contributed by atoms with van der Waals surface area (Å²) in [6.45, 7) is 0.938. The minimum absolute atomic E-state index is 0.0933. The number of benzene rings is 1. The van der Waals surface area contributed by atoms with Gasteiger partial charge in [-0.2, -0.15) is 0 Å². The van der Waals surface area contributed by atoms with Gasteiger partial charge in [0.15, 0.2) is 0 Å². The third kappa shape index (κ3) is 2.45. The highest BCUT2D eigenvalue weighted by molar-refractivity contribution is 5.85. The monoisotopic (exact) mass is 331 g/mol. The van der Waals surface area contributed by atoms with Crippen molar-refractivity contribution in [3.8, 4) is 5.75 Å². The summed E-state index contributed by atoms with van der Waals surface area (Å²) in [5.41, 5.74) is 0.947. The number of carboxylic acid groups (broad SMARTS) is 1. The van der Waals surface area contributed by atoms with Crippen molar-refractivity contribution in [1.82, 2.24) is 5.06 Å². The van der Waals surface area contributed by atoms with Gasteiger partial charge in [-0.1, -0.05) is 31.0 Å². The Kier molecular flexibility index (Phi) is 3.92. The summed E-state index contributed by atoms with van der Waals surface area (Å²) in [5, 5.41) is 10.9. The lowest BCUT2D eigenvalue weighted by Crippen LogP contribution is -2.43. The number of carboxylic acids is 1. The molecule has 2 aliphatic heterocycles. The predicted octanol–water partition coefficient (Wildman–Crippen LogP) is 2.40. The van der Waals surface area contributed by atoms with E-state index >= 15 is 0 Å². The van der Waals surface area contributed by atoms with Gasteiger partial charge in [0.05, 0.1) is 31.1 Å². The van der Waals surface area contributed by atoms with Crippen LogP contribution in [-0.2, 0) is 14.4 Å². The van der Waals surface area contributed by atoms with Gasteiger partial charge < -0.3 is 9.84 Å². The zero-order chi connectivity index (χ0) is 16.7. The number of amides is 1. The lowest BCUT2D eigenvalue weighted by atomic mass is 9.78. The number of ether oxygens (including phenoxy) is 1. The summed E-state index contributed by atoms with van der Waals surface area (Å²) in [6.07, 6.45) is 2.94. The molecule has 2 heterocycles. The normalized spacial score (nSPS) is 31.8. The third-order valence-electron chi connectivity index (χ3n) is 5.43. The number of aliphatic carboxylic acids is 1. The van der Waals surface area contributed by atoms with E-state index in [0.717, 1.165) is 24.2 Å². The zero-order valence-electron chi connectivity index (χ0n) is 13.4. The van der Waals surface area contributed by atoms with E-state index in [-0.39, 0.29) is 17.9 Å². The Balaban J connectivity index is 1.62. The lowest BCUT2D eigenvalue weighted by molar-refractivity contribution is -0.187. The highest BCUT2D eigenvalue weighted by atomic mass is 16.7. The first-order valence-electron chi connectivity index (χ1n) is 8.57. The first kappa shape index (κ1) is 15.4. The summed E-state index contributed by atoms with van der Waals surface area (Å²) in [7, 11) is 0. The van der Waals surface area contributed by atoms with Crippen molar-refractivity contribution >= 4 is 11.9 Å². The smallest absolute Gasteiger partial charge is 0.307 e. The van der Waals surface area contributed by atoms with Crippen molar-refractivity contribution in [2.24, 2.45) is 17.8 Å². The maximum atomic E-state index is 13.1. The average Bonchev–Trinajstić information content (AvgIpc) is 3.05. The fraction of sp³-hybridized carbons (Fsp3) is 0.556. The van der Waals surface area contributed by atoms with Crippen molar-refractivity contribution in [2.75, 3.05) is 13.2 Å². The molecule has 0 radical (unpaired) electrons. The second-order valence-corrected chi connectivity index (χ2v) is 6.85. The predicted molar refractivity (Wildman–Crippen MR) is 84.0 cm³/mol. The van der Waals surface area contributed by atoms with Crippen molar-refractivity contribution in [1.29, 1.82) is 0 Å². The van der Waals surface area contributed by atoms with Crippen molar-refractivity contribution in [3.63, 3.8) is 0 Å². The maximum absolute atomic E-state index is 13.1. The molecular weight excluding hydrogens is 310 g/mol. The Hall–Kier alpha value is -2.08. The summed E-state index contributed by atoms with van der Waals surface area (Å²) >= 11 is 0. The number of rotatable bonds is 2. The number of carbonyl (C=O) groups excluding carboxylic acids is 1. The molecule has 24 heavy (non-hydrogen) atoms. The number of nitrogens with zero attached hydrogens (tertiary/aromatic N) is 1. The Morgan fingerprint density at radius 2 is 1.83 bits per heavy atom. The van der Waals surface area contributed by atoms with Crippen LogP contribution in [0.25, 0.3) is 0 Å². The van der Waals surface area contributed by atoms with Gasteiger partial charge in [-0.05, 0) is 18.9 Å². The van der Waals surface area contributed by atoms with Crippen LogP contribution in [-0.4, -0.2) is 35.3 Å². The highest BCUT2D eigenvalue weighted by Gasteiger charge is 2.48. The molecule has 2 fully saturated rings. The number of hydrogen-bond acceptors (Lipinski definition) is 4. The van der Waals surface area contributed by atoms with Crippen molar-refractivity contribution in [3.05, 3.63) is 29.8 Å². The third-order valence-corrected chi connectivity index (χ3v) is 5.43. The standard InChI is InChI=1S/C18H21NO5/c20-17(12-5-1-2-6-13(12)18(21)22)19-16-11(10-24-19)9-23-15-8-4-3-7-14(15)16/h3-4,7-8,11-13,16H,1-2,5-6,9-10H2,(H,21,22)/t11-,12-,13+,16+/m1/s1. The van der Waals surface area contributed by atoms with Gasteiger partial charge in [0.2, 0.25) is 0 Å². The maximum Gasteiger partial charge on any atom is 0.307 e. The van der Waals surface area contributed by atoms with Gasteiger partial charge in [-0.25, -0.2) is 5.06 Å². The molecule has 6 heteroatoms. The van der Waals surface area contributed by atoms with Crippen LogP contribution in [0.15, 0.2) is 24.3 Å². The summed E-state index contributed by atoms with van der Waals surface area (Å²) < 4.78 is 5.76. The minimum atomic E-state index is -0.879. The van der Waals surface area contributed by atoms with E-state index in [1.54, 1.807) is 0 Å². The average molecular weight is 331 g/mol. The van der Waals surface area contributed by atoms with Crippen LogP contribution in [0.5, 0.6) is 5.75 Å². The van der Waals surface area contributed by atoms with Crippen LogP contribution in [0.1, 0.15) is 37.3 Å². The van der Waals surface area contributed by atoms with Gasteiger partial charge >= 0.3 is 5.97 Å². The number of para-hydroxylation sites is 1. The largest absolute Gasteiger partial charge is 0.493 e. The van der Waals surface area contributed by atoms with E-state index in [9.17, 15) is 14.7 Å². The molecular formula is C18H21NO5. The van der Waals surface area contributed by atoms with Gasteiger partial charge in [-0.15, -0.1) is 0 Å². The van der Waals surface area contributed by atoms with Gasteiger partial charge in [-0.3, -0.25) is 14.4 Å². The number of carbonyl (C=O) groups is 2. The Morgan fingerprint density at radius 1 is 1.08 bits per heavy atom. The quantitative estimate of drug-likeness (QED) is 0.900. The van der Waals surface area contributed by atoms with Crippen LogP contribution in [0, 0.1) is 17.8 Å². The van der Waals surface area contributed by atoms with Gasteiger partial charge in [0.1, 0.15) is 5.75 Å². The second kappa shape index (κ2) is 6.09. The first-order chi connectivity index (χ1) is 11.7. The molecule has 4 atom stereocenters. The van der Waals surface area contributed by atoms with E-state index in [1.165, 1.54) is 5.06 Å². The van der Waals surface area contributed by atoms with E-state index in [2.05, 4.69) is 0 Å². The fourth-order valence-corrected chi connectivity index (χ4v) is 4.20. The molecule has 0 unspecified atom stereocenters. The van der Waals surface area contributed by atoms with Gasteiger partial charge in [0.25, 0.3) is 5.91 Å². The Labute approximate surface area is 140 Å². The van der Waals surface area contributed by atoms with Crippen LogP contribution < -0.4 is 4.74 Å². The Morgan fingerprint density at radius 3 is 2.62 bits per heavy atom. The summed E-state index contributed by atoms with van der Waals surface area (Å²) in [4.78, 5) is 30.3. The van der Waals surface area contributed by atoms with E-state index in [0.29, 0.717) is 26.1 Å². The topological polar surface area (TPSA) is 76.1 Å². The Bertz CT molecular complexity index is 661. The van der Waals surface area contributed by atoms with E-state index in [4.69, 9.17) is 9.57 Å². The molecule has 6 nitrogen and oxygen atoms in total. The number of hydroxylamine groups is 2. The molecule has 128 valence electrons. The molecule has 1 aromatic carbocycles. The number of hydrogen-bond donors (Lipinski definition) is 1. The molecule has 0 spiro atoms. The van der Waals surface area contributed by atoms with Crippen molar-refractivity contribution < 1.29 is 24.3 Å². The van der Waals surface area contributed by atoms with Crippen LogP contribution in [0.4, 0.5) is 0 Å². The molecule has 1 N–H and O–H groups in total. The molecule has 1 aromatic rings. The van der Waals surface area contributed by atoms with Crippen LogP contribution >= 0.6 is 0 Å². The molecule has 0 aromatic heterocycles. The lowest BCUT2D eigenvalue weighted by Gasteiger charge is -2.35. The van der Waals surface area contributed by atoms with Crippen LogP contribution in [0.3, 0.4) is 0 Å². The van der Waals surface area contributed by atoms with Gasteiger partial charge in [0, 0.05) is 11.5 Å². The molecule has 1 saturated carbocycles. The molecule has 1 aliphatic carbocycles. The molecule has 4 rings (SSSR count). The molecule has 1 saturated heterocycles. The molecule has 0 bridgehead atoms. The highest BCUT2D eigenvalue weighted by Crippen LogP contribution is 2.45. The SMILES string of the molecule is O=C(O)[C@H]1CCCC[C@H]1C(=O)N1OC[C@H]2COc3ccccc3[C@H]21. The zero-order valence-corrected chi connectivity index (χ0v) is 13.4. The van der Waals surface area contributed by atoms with Crippen LogP contribution in [0.2, 0.25) is 0 Å². The summed E-state index contributed by atoms with van der Waals surface area (Å²) in [5.74, 6) is -1.30. The second-order valence-electron chi connectivity index (χ2n) is 6.85. The number of fused-ring (bicyclic) bond motifs is 3. The first-order valence-corrected chi connectivity index (χ1v) is 8.57. The van der Waals surface area contributed by atoms with Crippen molar-refractivity contribution in [2.45, 2.75) is 31.7 Å².